The number of likely N-dealkylation sites (tertiary alicyclic amines) is 1. The predicted octanol–water partition coefficient (Wildman–Crippen LogP) is 1.73. The Balaban J connectivity index is 2.13. The number of nitrogens with zero attached hydrogens (tertiary/aromatic N) is 3. The molecule has 1 aromatic rings. The average molecular weight is 264 g/mol. The lowest BCUT2D eigenvalue weighted by Gasteiger charge is -2.32. The van der Waals surface area contributed by atoms with Crippen LogP contribution in [0.15, 0.2) is 0 Å². The summed E-state index contributed by atoms with van der Waals surface area (Å²) >= 11 is 0. The zero-order valence-corrected chi connectivity index (χ0v) is 12.9. The van der Waals surface area contributed by atoms with Gasteiger partial charge in [-0.05, 0) is 39.3 Å². The summed E-state index contributed by atoms with van der Waals surface area (Å²) in [5.74, 6) is 0. The first kappa shape index (κ1) is 14.5. The fraction of sp³-hybridized carbons (Fsp3) is 0.800. The van der Waals surface area contributed by atoms with Gasteiger partial charge in [-0.15, -0.1) is 0 Å². The van der Waals surface area contributed by atoms with Crippen LogP contribution in [0, 0.1) is 0 Å². The van der Waals surface area contributed by atoms with Crippen molar-refractivity contribution in [3.63, 3.8) is 0 Å². The third-order valence-electron chi connectivity index (χ3n) is 4.32. The van der Waals surface area contributed by atoms with Crippen molar-refractivity contribution in [2.75, 3.05) is 20.1 Å². The van der Waals surface area contributed by atoms with Crippen LogP contribution in [-0.2, 0) is 26.4 Å². The molecule has 0 spiro atoms. The lowest BCUT2D eigenvalue weighted by Crippen LogP contribution is -2.44. The van der Waals surface area contributed by atoms with Crippen LogP contribution in [0.5, 0.6) is 0 Å². The van der Waals surface area contributed by atoms with Crippen LogP contribution < -0.4 is 5.32 Å². The van der Waals surface area contributed by atoms with Gasteiger partial charge < -0.3 is 5.32 Å². The number of hydrogen-bond acceptors (Lipinski definition) is 3. The van der Waals surface area contributed by atoms with Crippen LogP contribution in [0.3, 0.4) is 0 Å². The average Bonchev–Trinajstić information content (AvgIpc) is 2.74. The second-order valence-electron chi connectivity index (χ2n) is 5.57. The van der Waals surface area contributed by atoms with Gasteiger partial charge in [0.25, 0.3) is 0 Å². The van der Waals surface area contributed by atoms with Crippen LogP contribution >= 0.6 is 0 Å². The van der Waals surface area contributed by atoms with E-state index in [0.29, 0.717) is 6.04 Å². The maximum atomic E-state index is 4.68. The highest BCUT2D eigenvalue weighted by atomic mass is 15.3. The Kier molecular flexibility index (Phi) is 4.99. The summed E-state index contributed by atoms with van der Waals surface area (Å²) in [6, 6.07) is 0.653. The van der Waals surface area contributed by atoms with Crippen molar-refractivity contribution in [1.82, 2.24) is 20.0 Å². The molecule has 4 heteroatoms. The molecule has 2 rings (SSSR count). The minimum absolute atomic E-state index is 0.653. The molecule has 108 valence electrons. The Morgan fingerprint density at radius 1 is 1.32 bits per heavy atom. The van der Waals surface area contributed by atoms with Crippen LogP contribution in [0.4, 0.5) is 0 Å². The normalized spacial score (nSPS) is 20.9. The Bertz CT molecular complexity index is 411. The molecule has 0 aromatic carbocycles. The number of aryl methyl sites for hydroxylation is 2. The Hall–Kier alpha value is -0.870. The molecule has 1 saturated heterocycles. The maximum absolute atomic E-state index is 4.68. The number of nitrogens with one attached hydrogen (secondary N) is 1. The third-order valence-corrected chi connectivity index (χ3v) is 4.32. The molecular weight excluding hydrogens is 236 g/mol. The number of likely N-dealkylation sites (N-methyl/N-ethyl adjacent to an activating group) is 1. The number of rotatable bonds is 5. The molecule has 2 heterocycles. The van der Waals surface area contributed by atoms with Gasteiger partial charge in [0.1, 0.15) is 0 Å². The third kappa shape index (κ3) is 3.18. The second kappa shape index (κ2) is 6.53. The van der Waals surface area contributed by atoms with E-state index in [2.05, 4.69) is 47.9 Å². The minimum atomic E-state index is 0.653. The van der Waals surface area contributed by atoms with Gasteiger partial charge in [-0.1, -0.05) is 13.8 Å². The van der Waals surface area contributed by atoms with E-state index in [0.717, 1.165) is 25.9 Å². The molecule has 0 aliphatic carbocycles. The van der Waals surface area contributed by atoms with Crippen molar-refractivity contribution < 1.29 is 0 Å². The summed E-state index contributed by atoms with van der Waals surface area (Å²) in [6.45, 7) is 7.89. The Morgan fingerprint density at radius 2 is 2.11 bits per heavy atom. The van der Waals surface area contributed by atoms with E-state index >= 15 is 0 Å². The van der Waals surface area contributed by atoms with E-state index in [-0.39, 0.29) is 0 Å². The zero-order chi connectivity index (χ0) is 13.8. The monoisotopic (exact) mass is 264 g/mol. The van der Waals surface area contributed by atoms with E-state index in [1.807, 2.05) is 0 Å². The van der Waals surface area contributed by atoms with Crippen molar-refractivity contribution in [1.29, 1.82) is 0 Å². The lowest BCUT2D eigenvalue weighted by molar-refractivity contribution is 0.187. The van der Waals surface area contributed by atoms with Gasteiger partial charge in [-0.25, -0.2) is 0 Å². The number of aromatic nitrogens is 2. The van der Waals surface area contributed by atoms with Gasteiger partial charge in [0.2, 0.25) is 0 Å². The maximum Gasteiger partial charge on any atom is 0.0669 e. The fourth-order valence-corrected chi connectivity index (χ4v) is 3.23. The van der Waals surface area contributed by atoms with Gasteiger partial charge in [0, 0.05) is 37.4 Å². The topological polar surface area (TPSA) is 33.1 Å². The van der Waals surface area contributed by atoms with Crippen molar-refractivity contribution in [3.05, 3.63) is 17.0 Å². The quantitative estimate of drug-likeness (QED) is 0.879. The van der Waals surface area contributed by atoms with Gasteiger partial charge in [-0.2, -0.15) is 5.10 Å². The fourth-order valence-electron chi connectivity index (χ4n) is 3.23. The van der Waals surface area contributed by atoms with Crippen LogP contribution in [-0.4, -0.2) is 40.9 Å². The molecule has 1 N–H and O–H groups in total. The molecule has 1 fully saturated rings. The van der Waals surface area contributed by atoms with Crippen LogP contribution in [0.25, 0.3) is 0 Å². The largest absolute Gasteiger partial charge is 0.316 e. The van der Waals surface area contributed by atoms with Crippen molar-refractivity contribution in [2.45, 2.75) is 52.1 Å². The Labute approximate surface area is 117 Å². The van der Waals surface area contributed by atoms with Gasteiger partial charge in [-0.3, -0.25) is 9.58 Å². The summed E-state index contributed by atoms with van der Waals surface area (Å²) in [5.41, 5.74) is 4.17. The molecule has 4 nitrogen and oxygen atoms in total. The van der Waals surface area contributed by atoms with E-state index in [4.69, 9.17) is 0 Å². The lowest BCUT2D eigenvalue weighted by atomic mass is 10.0. The molecule has 0 radical (unpaired) electrons. The van der Waals surface area contributed by atoms with Crippen molar-refractivity contribution in [3.8, 4) is 0 Å². The summed E-state index contributed by atoms with van der Waals surface area (Å²) < 4.78 is 2.08. The van der Waals surface area contributed by atoms with E-state index in [1.165, 1.54) is 36.3 Å². The highest BCUT2D eigenvalue weighted by molar-refractivity contribution is 5.26. The molecule has 1 aliphatic heterocycles. The molecule has 1 aliphatic rings. The predicted molar refractivity (Wildman–Crippen MR) is 79.3 cm³/mol. The van der Waals surface area contributed by atoms with Crippen LogP contribution in [0.2, 0.25) is 0 Å². The smallest absolute Gasteiger partial charge is 0.0669 e. The highest BCUT2D eigenvalue weighted by Crippen LogP contribution is 2.20. The van der Waals surface area contributed by atoms with Crippen LogP contribution in [0.1, 0.15) is 43.6 Å². The van der Waals surface area contributed by atoms with Crippen molar-refractivity contribution in [2.24, 2.45) is 7.05 Å². The minimum Gasteiger partial charge on any atom is -0.316 e. The highest BCUT2D eigenvalue weighted by Gasteiger charge is 2.22. The van der Waals surface area contributed by atoms with E-state index in [9.17, 15) is 0 Å². The van der Waals surface area contributed by atoms with Gasteiger partial charge in [0.05, 0.1) is 5.69 Å². The summed E-state index contributed by atoms with van der Waals surface area (Å²) in [7, 11) is 4.15. The molecule has 1 aromatic heterocycles. The first-order chi connectivity index (χ1) is 9.19. The molecule has 0 amide bonds. The number of hydrogen-bond donors (Lipinski definition) is 1. The molecule has 0 saturated carbocycles. The molecule has 19 heavy (non-hydrogen) atoms. The summed E-state index contributed by atoms with van der Waals surface area (Å²) in [5, 5.41) is 8.10. The first-order valence-corrected chi connectivity index (χ1v) is 7.62. The molecule has 1 atom stereocenters. The standard InChI is InChI=1S/C15H28N4/c1-5-14-13(15(6-2)18(4)17-14)11-19-9-7-8-12(10-19)16-3/h12,16H,5-11H2,1-4H3. The van der Waals surface area contributed by atoms with Gasteiger partial charge >= 0.3 is 0 Å². The summed E-state index contributed by atoms with van der Waals surface area (Å²) in [4.78, 5) is 2.58. The Morgan fingerprint density at radius 3 is 2.74 bits per heavy atom. The number of piperidine rings is 1. The first-order valence-electron chi connectivity index (χ1n) is 7.62. The van der Waals surface area contributed by atoms with E-state index < -0.39 is 0 Å². The zero-order valence-electron chi connectivity index (χ0n) is 12.9. The van der Waals surface area contributed by atoms with Gasteiger partial charge in [0.15, 0.2) is 0 Å². The van der Waals surface area contributed by atoms with Crippen molar-refractivity contribution >= 4 is 0 Å². The van der Waals surface area contributed by atoms with E-state index in [1.54, 1.807) is 0 Å². The second-order valence-corrected chi connectivity index (χ2v) is 5.57. The SMILES string of the molecule is CCc1nn(C)c(CC)c1CN1CCCC(NC)C1. The molecule has 1 unspecified atom stereocenters. The molecule has 0 bridgehead atoms. The molecular formula is C15H28N4. The summed E-state index contributed by atoms with van der Waals surface area (Å²) in [6.07, 6.45) is 4.71.